The zero-order valence-electron chi connectivity index (χ0n) is 12.6. The lowest BCUT2D eigenvalue weighted by Gasteiger charge is -2.12. The van der Waals surface area contributed by atoms with Gasteiger partial charge in [0, 0.05) is 0 Å². The van der Waals surface area contributed by atoms with Gasteiger partial charge in [0.15, 0.2) is 17.5 Å². The minimum Gasteiger partial charge on any atom is -0.277 e. The summed E-state index contributed by atoms with van der Waals surface area (Å²) in [4.78, 5) is -0.0892. The van der Waals surface area contributed by atoms with E-state index in [0.29, 0.717) is 6.07 Å². The summed E-state index contributed by atoms with van der Waals surface area (Å²) in [6, 6.07) is 7.61. The van der Waals surface area contributed by atoms with Crippen molar-refractivity contribution in [3.63, 3.8) is 0 Å². The molecule has 0 heterocycles. The van der Waals surface area contributed by atoms with Gasteiger partial charge in [0.2, 0.25) is 0 Å². The van der Waals surface area contributed by atoms with E-state index in [1.165, 1.54) is 12.1 Å². The van der Waals surface area contributed by atoms with Gasteiger partial charge in [0.25, 0.3) is 10.0 Å². The lowest BCUT2D eigenvalue weighted by Crippen LogP contribution is -2.15. The predicted molar refractivity (Wildman–Crippen MR) is 82.3 cm³/mol. The van der Waals surface area contributed by atoms with Crippen molar-refractivity contribution in [1.29, 1.82) is 0 Å². The molecular weight excluding hydrogens is 327 g/mol. The van der Waals surface area contributed by atoms with Crippen molar-refractivity contribution in [3.05, 3.63) is 59.4 Å². The first-order chi connectivity index (χ1) is 10.8. The molecule has 124 valence electrons. The topological polar surface area (TPSA) is 46.2 Å². The maximum Gasteiger partial charge on any atom is 0.261 e. The maximum atomic E-state index is 13.6. The molecule has 0 saturated heterocycles. The van der Waals surface area contributed by atoms with Gasteiger partial charge in [-0.2, -0.15) is 0 Å². The Morgan fingerprint density at radius 1 is 1.00 bits per heavy atom. The van der Waals surface area contributed by atoms with Crippen LogP contribution in [0, 0.1) is 17.5 Å². The lowest BCUT2D eigenvalue weighted by molar-refractivity contribution is 0.449. The molecule has 0 aromatic heterocycles. The number of anilines is 1. The summed E-state index contributed by atoms with van der Waals surface area (Å²) in [7, 11) is -4.09. The average Bonchev–Trinajstić information content (AvgIpc) is 2.54. The van der Waals surface area contributed by atoms with Crippen LogP contribution in [0.15, 0.2) is 41.3 Å². The molecule has 0 radical (unpaired) electrons. The van der Waals surface area contributed by atoms with E-state index in [2.05, 4.69) is 0 Å². The third-order valence-electron chi connectivity index (χ3n) is 3.65. The molecular formula is C16H16F3NO2S. The van der Waals surface area contributed by atoms with Crippen LogP contribution in [0.5, 0.6) is 0 Å². The molecule has 0 amide bonds. The fourth-order valence-corrected chi connectivity index (χ4v) is 3.08. The van der Waals surface area contributed by atoms with Crippen molar-refractivity contribution in [3.8, 4) is 0 Å². The zero-order valence-corrected chi connectivity index (χ0v) is 13.4. The average molecular weight is 343 g/mol. The fourth-order valence-electron chi connectivity index (χ4n) is 2.02. The maximum absolute atomic E-state index is 13.6. The number of rotatable bonds is 5. The van der Waals surface area contributed by atoms with Crippen molar-refractivity contribution in [2.75, 3.05) is 4.72 Å². The van der Waals surface area contributed by atoms with Crippen molar-refractivity contribution in [1.82, 2.24) is 0 Å². The normalized spacial score (nSPS) is 12.9. The van der Waals surface area contributed by atoms with Crippen LogP contribution in [0.3, 0.4) is 0 Å². The summed E-state index contributed by atoms with van der Waals surface area (Å²) < 4.78 is 66.0. The van der Waals surface area contributed by atoms with Crippen LogP contribution in [0.1, 0.15) is 31.7 Å². The molecule has 0 aliphatic carbocycles. The largest absolute Gasteiger partial charge is 0.277 e. The van der Waals surface area contributed by atoms with Gasteiger partial charge in [-0.25, -0.2) is 21.6 Å². The highest BCUT2D eigenvalue weighted by atomic mass is 32.2. The second-order valence-electron chi connectivity index (χ2n) is 5.21. The number of sulfonamides is 1. The zero-order chi connectivity index (χ0) is 17.2. The quantitative estimate of drug-likeness (QED) is 0.817. The van der Waals surface area contributed by atoms with Gasteiger partial charge in [-0.15, -0.1) is 0 Å². The first-order valence-electron chi connectivity index (χ1n) is 7.02. The van der Waals surface area contributed by atoms with Crippen molar-refractivity contribution >= 4 is 15.7 Å². The molecule has 2 aromatic carbocycles. The van der Waals surface area contributed by atoms with Crippen LogP contribution < -0.4 is 4.72 Å². The molecule has 0 spiro atoms. The molecule has 1 N–H and O–H groups in total. The van der Waals surface area contributed by atoms with Crippen LogP contribution in [0.4, 0.5) is 18.9 Å². The van der Waals surface area contributed by atoms with E-state index in [0.717, 1.165) is 18.1 Å². The molecule has 0 aliphatic heterocycles. The highest BCUT2D eigenvalue weighted by molar-refractivity contribution is 7.92. The van der Waals surface area contributed by atoms with Crippen molar-refractivity contribution in [2.45, 2.75) is 31.1 Å². The molecule has 23 heavy (non-hydrogen) atoms. The molecule has 0 saturated carbocycles. The van der Waals surface area contributed by atoms with Crippen molar-refractivity contribution < 1.29 is 21.6 Å². The molecule has 3 nitrogen and oxygen atoms in total. The number of hydrogen-bond acceptors (Lipinski definition) is 2. The van der Waals surface area contributed by atoms with E-state index in [1.807, 2.05) is 18.6 Å². The van der Waals surface area contributed by atoms with E-state index in [-0.39, 0.29) is 10.8 Å². The van der Waals surface area contributed by atoms with Gasteiger partial charge in [0.05, 0.1) is 10.6 Å². The van der Waals surface area contributed by atoms with Gasteiger partial charge >= 0.3 is 0 Å². The monoisotopic (exact) mass is 343 g/mol. The first-order valence-corrected chi connectivity index (χ1v) is 8.51. The van der Waals surface area contributed by atoms with E-state index < -0.39 is 33.2 Å². The number of hydrogen-bond donors (Lipinski definition) is 1. The Kier molecular flexibility index (Phi) is 4.99. The van der Waals surface area contributed by atoms with Crippen LogP contribution in [-0.4, -0.2) is 8.42 Å². The Labute approximate surface area is 133 Å². The van der Waals surface area contributed by atoms with Crippen molar-refractivity contribution in [2.24, 2.45) is 0 Å². The van der Waals surface area contributed by atoms with Gasteiger partial charge in [-0.1, -0.05) is 26.0 Å². The second kappa shape index (κ2) is 6.62. The summed E-state index contributed by atoms with van der Waals surface area (Å²) in [6.07, 6.45) is 0.907. The molecule has 0 bridgehead atoms. The Morgan fingerprint density at radius 2 is 1.61 bits per heavy atom. The van der Waals surface area contributed by atoms with Crippen LogP contribution in [-0.2, 0) is 10.0 Å². The van der Waals surface area contributed by atoms with Crippen LogP contribution >= 0.6 is 0 Å². The van der Waals surface area contributed by atoms with Gasteiger partial charge < -0.3 is 0 Å². The predicted octanol–water partition coefficient (Wildman–Crippen LogP) is 4.42. The fraction of sp³-hybridized carbons (Fsp3) is 0.250. The van der Waals surface area contributed by atoms with E-state index in [4.69, 9.17) is 0 Å². The summed E-state index contributed by atoms with van der Waals surface area (Å²) in [5.74, 6) is -4.41. The SMILES string of the molecule is CCC(C)c1ccc(S(=O)(=O)Nc2ccc(F)c(F)c2F)cc1. The van der Waals surface area contributed by atoms with E-state index in [1.54, 1.807) is 12.1 Å². The summed E-state index contributed by atoms with van der Waals surface area (Å²) in [5, 5.41) is 0. The van der Waals surface area contributed by atoms with Gasteiger partial charge in [-0.05, 0) is 42.2 Å². The molecule has 1 unspecified atom stereocenters. The number of nitrogens with one attached hydrogen (secondary N) is 1. The Bertz CT molecular complexity index is 805. The molecule has 2 rings (SSSR count). The van der Waals surface area contributed by atoms with Crippen LogP contribution in [0.2, 0.25) is 0 Å². The molecule has 2 aromatic rings. The summed E-state index contributed by atoms with van der Waals surface area (Å²) >= 11 is 0. The number of benzene rings is 2. The Hall–Kier alpha value is -2.02. The highest BCUT2D eigenvalue weighted by Gasteiger charge is 2.20. The Balaban J connectivity index is 2.31. The minimum absolute atomic E-state index is 0.0892. The van der Waals surface area contributed by atoms with Gasteiger partial charge in [0.1, 0.15) is 0 Å². The standard InChI is InChI=1S/C16H16F3NO2S/c1-3-10(2)11-4-6-12(7-5-11)23(21,22)20-14-9-8-13(17)15(18)16(14)19/h4-10,20H,3H2,1-2H3. The van der Waals surface area contributed by atoms with E-state index in [9.17, 15) is 21.6 Å². The van der Waals surface area contributed by atoms with Gasteiger partial charge in [-0.3, -0.25) is 4.72 Å². The summed E-state index contributed by atoms with van der Waals surface area (Å²) in [5.41, 5.74) is 0.334. The first kappa shape index (κ1) is 17.3. The third-order valence-corrected chi connectivity index (χ3v) is 5.03. The molecule has 0 aliphatic rings. The molecule has 7 heteroatoms. The van der Waals surface area contributed by atoms with E-state index >= 15 is 0 Å². The number of halogens is 3. The molecule has 1 atom stereocenters. The highest BCUT2D eigenvalue weighted by Crippen LogP contribution is 2.24. The smallest absolute Gasteiger partial charge is 0.261 e. The lowest BCUT2D eigenvalue weighted by atomic mass is 9.99. The Morgan fingerprint density at radius 3 is 2.17 bits per heavy atom. The third kappa shape index (κ3) is 3.67. The molecule has 0 fully saturated rings. The second-order valence-corrected chi connectivity index (χ2v) is 6.89. The minimum atomic E-state index is -4.09. The summed E-state index contributed by atoms with van der Waals surface area (Å²) in [6.45, 7) is 4.03. The van der Waals surface area contributed by atoms with Crippen LogP contribution in [0.25, 0.3) is 0 Å².